The molecule has 0 aliphatic heterocycles. The molecule has 0 aliphatic rings. The standard InChI is InChI=1S/C18H14FN3O2S/c1-11-10-25-18(20-11)13-8-6-12(7-9-13)16(23)21-22-17(24)14-4-2-3-5-15(14)19/h2-10H,1H3,(H,21,23)(H,22,24). The van der Waals surface area contributed by atoms with Gasteiger partial charge < -0.3 is 0 Å². The Balaban J connectivity index is 1.63. The zero-order valence-corrected chi connectivity index (χ0v) is 14.1. The number of thiazole rings is 1. The van der Waals surface area contributed by atoms with Crippen molar-refractivity contribution in [2.75, 3.05) is 0 Å². The summed E-state index contributed by atoms with van der Waals surface area (Å²) >= 11 is 1.53. The average Bonchev–Trinajstić information content (AvgIpc) is 3.06. The molecule has 0 saturated carbocycles. The van der Waals surface area contributed by atoms with Crippen LogP contribution in [0.15, 0.2) is 53.9 Å². The summed E-state index contributed by atoms with van der Waals surface area (Å²) in [6.07, 6.45) is 0. The first-order valence-electron chi connectivity index (χ1n) is 7.42. The second-order valence-electron chi connectivity index (χ2n) is 5.26. The molecule has 0 saturated heterocycles. The molecule has 1 aromatic heterocycles. The van der Waals surface area contributed by atoms with Crippen LogP contribution in [0.4, 0.5) is 4.39 Å². The van der Waals surface area contributed by atoms with E-state index >= 15 is 0 Å². The highest BCUT2D eigenvalue weighted by Gasteiger charge is 2.12. The molecule has 3 rings (SSSR count). The van der Waals surface area contributed by atoms with Crippen LogP contribution >= 0.6 is 11.3 Å². The molecule has 0 bridgehead atoms. The van der Waals surface area contributed by atoms with Gasteiger partial charge in [-0.2, -0.15) is 0 Å². The number of rotatable bonds is 3. The summed E-state index contributed by atoms with van der Waals surface area (Å²) in [5.41, 5.74) is 6.54. The Bertz CT molecular complexity index is 922. The van der Waals surface area contributed by atoms with E-state index in [1.807, 2.05) is 12.3 Å². The summed E-state index contributed by atoms with van der Waals surface area (Å²) in [6, 6.07) is 12.4. The number of aryl methyl sites for hydroxylation is 1. The van der Waals surface area contributed by atoms with Gasteiger partial charge in [-0.1, -0.05) is 24.3 Å². The smallest absolute Gasteiger partial charge is 0.267 e. The minimum Gasteiger partial charge on any atom is -0.267 e. The van der Waals surface area contributed by atoms with Crippen LogP contribution < -0.4 is 10.9 Å². The highest BCUT2D eigenvalue weighted by molar-refractivity contribution is 7.13. The van der Waals surface area contributed by atoms with Crippen molar-refractivity contribution < 1.29 is 14.0 Å². The van der Waals surface area contributed by atoms with Crippen LogP contribution in [-0.4, -0.2) is 16.8 Å². The largest absolute Gasteiger partial charge is 0.272 e. The number of amides is 2. The fourth-order valence-corrected chi connectivity index (χ4v) is 2.95. The van der Waals surface area contributed by atoms with E-state index in [9.17, 15) is 14.0 Å². The van der Waals surface area contributed by atoms with Crippen molar-refractivity contribution in [3.63, 3.8) is 0 Å². The lowest BCUT2D eigenvalue weighted by Gasteiger charge is -2.08. The van der Waals surface area contributed by atoms with Crippen molar-refractivity contribution in [1.29, 1.82) is 0 Å². The summed E-state index contributed by atoms with van der Waals surface area (Å²) < 4.78 is 13.5. The highest BCUT2D eigenvalue weighted by atomic mass is 32.1. The Morgan fingerprint density at radius 3 is 2.32 bits per heavy atom. The number of nitrogens with zero attached hydrogens (tertiary/aromatic N) is 1. The molecule has 0 spiro atoms. The lowest BCUT2D eigenvalue weighted by molar-refractivity contribution is 0.0844. The normalized spacial score (nSPS) is 10.3. The maximum Gasteiger partial charge on any atom is 0.272 e. The van der Waals surface area contributed by atoms with Crippen molar-refractivity contribution >= 4 is 23.2 Å². The molecule has 1 heterocycles. The zero-order valence-electron chi connectivity index (χ0n) is 13.2. The van der Waals surface area contributed by atoms with Gasteiger partial charge >= 0.3 is 0 Å². The third kappa shape index (κ3) is 3.89. The molecule has 0 aliphatic carbocycles. The minimum atomic E-state index is -0.721. The van der Waals surface area contributed by atoms with Gasteiger partial charge in [0, 0.05) is 22.2 Å². The van der Waals surface area contributed by atoms with Crippen molar-refractivity contribution in [1.82, 2.24) is 15.8 Å². The van der Waals surface area contributed by atoms with E-state index in [1.54, 1.807) is 30.3 Å². The lowest BCUT2D eigenvalue weighted by Crippen LogP contribution is -2.41. The molecule has 0 fully saturated rings. The first-order chi connectivity index (χ1) is 12.0. The molecule has 5 nitrogen and oxygen atoms in total. The average molecular weight is 355 g/mol. The molecule has 7 heteroatoms. The van der Waals surface area contributed by atoms with E-state index in [2.05, 4.69) is 15.8 Å². The molecule has 2 amide bonds. The van der Waals surface area contributed by atoms with Crippen LogP contribution in [0.3, 0.4) is 0 Å². The second kappa shape index (κ2) is 7.23. The number of hydrogen-bond acceptors (Lipinski definition) is 4. The number of halogens is 1. The highest BCUT2D eigenvalue weighted by Crippen LogP contribution is 2.23. The van der Waals surface area contributed by atoms with E-state index in [-0.39, 0.29) is 5.56 Å². The molecule has 3 aromatic rings. The fourth-order valence-electron chi connectivity index (χ4n) is 2.15. The number of nitrogens with one attached hydrogen (secondary N) is 2. The van der Waals surface area contributed by atoms with Crippen molar-refractivity contribution in [3.8, 4) is 10.6 Å². The van der Waals surface area contributed by atoms with E-state index in [0.29, 0.717) is 5.56 Å². The van der Waals surface area contributed by atoms with Gasteiger partial charge in [-0.05, 0) is 31.2 Å². The Morgan fingerprint density at radius 2 is 1.68 bits per heavy atom. The molecule has 0 atom stereocenters. The summed E-state index contributed by atoms with van der Waals surface area (Å²) in [4.78, 5) is 28.3. The third-order valence-electron chi connectivity index (χ3n) is 3.42. The molecule has 126 valence electrons. The summed E-state index contributed by atoms with van der Waals surface area (Å²) in [6.45, 7) is 1.92. The Hall–Kier alpha value is -3.06. The number of carbonyl (C=O) groups is 2. The third-order valence-corrected chi connectivity index (χ3v) is 4.43. The Morgan fingerprint density at radius 1 is 1.00 bits per heavy atom. The monoisotopic (exact) mass is 355 g/mol. The van der Waals surface area contributed by atoms with E-state index in [4.69, 9.17) is 0 Å². The molecule has 0 unspecified atom stereocenters. The molecule has 2 N–H and O–H groups in total. The van der Waals surface area contributed by atoms with Crippen LogP contribution in [0.2, 0.25) is 0 Å². The topological polar surface area (TPSA) is 71.1 Å². The van der Waals surface area contributed by atoms with Crippen LogP contribution in [0.25, 0.3) is 10.6 Å². The van der Waals surface area contributed by atoms with Gasteiger partial charge in [0.25, 0.3) is 11.8 Å². The van der Waals surface area contributed by atoms with Gasteiger partial charge in [0.2, 0.25) is 0 Å². The molecule has 0 radical (unpaired) electrons. The molecule has 2 aromatic carbocycles. The van der Waals surface area contributed by atoms with Gasteiger partial charge in [-0.3, -0.25) is 20.4 Å². The number of benzene rings is 2. The predicted molar refractivity (Wildman–Crippen MR) is 93.6 cm³/mol. The first kappa shape index (κ1) is 16.8. The number of aromatic nitrogens is 1. The van der Waals surface area contributed by atoms with Crippen molar-refractivity contribution in [2.45, 2.75) is 6.92 Å². The van der Waals surface area contributed by atoms with Crippen LogP contribution in [0, 0.1) is 12.7 Å². The maximum atomic E-state index is 13.5. The second-order valence-corrected chi connectivity index (χ2v) is 6.12. The zero-order chi connectivity index (χ0) is 17.8. The Labute approximate surface area is 147 Å². The van der Waals surface area contributed by atoms with Gasteiger partial charge in [0.05, 0.1) is 5.56 Å². The van der Waals surface area contributed by atoms with Gasteiger partial charge in [0.1, 0.15) is 10.8 Å². The van der Waals surface area contributed by atoms with Gasteiger partial charge in [-0.15, -0.1) is 11.3 Å². The molecular weight excluding hydrogens is 341 g/mol. The van der Waals surface area contributed by atoms with Crippen LogP contribution in [0.1, 0.15) is 26.4 Å². The summed E-state index contributed by atoms with van der Waals surface area (Å²) in [5.74, 6) is -1.87. The van der Waals surface area contributed by atoms with Gasteiger partial charge in [-0.25, -0.2) is 9.37 Å². The van der Waals surface area contributed by atoms with Crippen molar-refractivity contribution in [3.05, 3.63) is 76.5 Å². The Kier molecular flexibility index (Phi) is 4.85. The number of carbonyl (C=O) groups excluding carboxylic acids is 2. The van der Waals surface area contributed by atoms with E-state index in [1.165, 1.54) is 29.5 Å². The SMILES string of the molecule is Cc1csc(-c2ccc(C(=O)NNC(=O)c3ccccc3F)cc2)n1. The van der Waals surface area contributed by atoms with E-state index in [0.717, 1.165) is 16.3 Å². The number of hydrogen-bond donors (Lipinski definition) is 2. The number of hydrazine groups is 1. The first-order valence-corrected chi connectivity index (χ1v) is 8.30. The summed E-state index contributed by atoms with van der Waals surface area (Å²) in [5, 5.41) is 2.83. The molecular formula is C18H14FN3O2S. The minimum absolute atomic E-state index is 0.141. The maximum absolute atomic E-state index is 13.5. The van der Waals surface area contributed by atoms with Crippen LogP contribution in [-0.2, 0) is 0 Å². The molecule has 25 heavy (non-hydrogen) atoms. The lowest BCUT2D eigenvalue weighted by atomic mass is 10.1. The summed E-state index contributed by atoms with van der Waals surface area (Å²) in [7, 11) is 0. The quantitative estimate of drug-likeness (QED) is 0.708. The van der Waals surface area contributed by atoms with Gasteiger partial charge in [0.15, 0.2) is 0 Å². The van der Waals surface area contributed by atoms with Crippen molar-refractivity contribution in [2.24, 2.45) is 0 Å². The van der Waals surface area contributed by atoms with Crippen LogP contribution in [0.5, 0.6) is 0 Å². The van der Waals surface area contributed by atoms with E-state index < -0.39 is 17.6 Å². The fraction of sp³-hybridized carbons (Fsp3) is 0.0556. The predicted octanol–water partition coefficient (Wildman–Crippen LogP) is 3.33.